The summed E-state index contributed by atoms with van der Waals surface area (Å²) in [7, 11) is 0. The quantitative estimate of drug-likeness (QED) is 0.535. The molecule has 0 bridgehead atoms. The molecule has 176 valence electrons. The second-order valence-electron chi connectivity index (χ2n) is 8.45. The summed E-state index contributed by atoms with van der Waals surface area (Å²) in [5.74, 6) is -0.837. The Hall–Kier alpha value is -4.46. The largest absolute Gasteiger partial charge is 0.487 e. The van der Waals surface area contributed by atoms with Gasteiger partial charge in [0.15, 0.2) is 0 Å². The van der Waals surface area contributed by atoms with Gasteiger partial charge in [-0.05, 0) is 55.3 Å². The Morgan fingerprint density at radius 2 is 1.83 bits per heavy atom. The van der Waals surface area contributed by atoms with Crippen molar-refractivity contribution in [3.63, 3.8) is 0 Å². The van der Waals surface area contributed by atoms with Gasteiger partial charge in [-0.1, -0.05) is 30.4 Å². The van der Waals surface area contributed by atoms with E-state index in [-0.39, 0.29) is 29.6 Å². The molecule has 2 aromatic carbocycles. The van der Waals surface area contributed by atoms with Crippen molar-refractivity contribution in [2.45, 2.75) is 19.4 Å². The highest BCUT2D eigenvalue weighted by molar-refractivity contribution is 6.07. The van der Waals surface area contributed by atoms with Gasteiger partial charge in [-0.15, -0.1) is 0 Å². The van der Waals surface area contributed by atoms with E-state index in [1.54, 1.807) is 54.7 Å². The molecule has 1 fully saturated rings. The summed E-state index contributed by atoms with van der Waals surface area (Å²) in [6.45, 7) is 0.313. The SMILES string of the molecule is O=C(Nc1cccc(OCc2ccccn2)c1)c1cccc(N2NC(=O)C3CC=CCC3C2=O)c1. The lowest BCUT2D eigenvalue weighted by Crippen LogP contribution is -2.59. The van der Waals surface area contributed by atoms with Crippen LogP contribution in [0.25, 0.3) is 0 Å². The zero-order valence-electron chi connectivity index (χ0n) is 18.9. The number of hydrazine groups is 1. The van der Waals surface area contributed by atoms with Gasteiger partial charge in [-0.2, -0.15) is 0 Å². The van der Waals surface area contributed by atoms with Crippen molar-refractivity contribution in [2.75, 3.05) is 10.3 Å². The Balaban J connectivity index is 1.28. The first-order chi connectivity index (χ1) is 17.1. The summed E-state index contributed by atoms with van der Waals surface area (Å²) in [4.78, 5) is 42.8. The van der Waals surface area contributed by atoms with Gasteiger partial charge in [0.25, 0.3) is 5.91 Å². The molecule has 0 saturated carbocycles. The van der Waals surface area contributed by atoms with Gasteiger partial charge < -0.3 is 10.1 Å². The van der Waals surface area contributed by atoms with Crippen molar-refractivity contribution in [1.82, 2.24) is 10.4 Å². The van der Waals surface area contributed by atoms with Crippen LogP contribution in [-0.2, 0) is 16.2 Å². The molecule has 0 spiro atoms. The van der Waals surface area contributed by atoms with Crippen molar-refractivity contribution in [3.8, 4) is 5.75 Å². The van der Waals surface area contributed by atoms with E-state index in [9.17, 15) is 14.4 Å². The topological polar surface area (TPSA) is 101 Å². The molecule has 2 heterocycles. The lowest BCUT2D eigenvalue weighted by atomic mass is 9.80. The molecule has 2 atom stereocenters. The third kappa shape index (κ3) is 4.91. The molecule has 5 rings (SSSR count). The number of allylic oxidation sites excluding steroid dienone is 2. The van der Waals surface area contributed by atoms with E-state index < -0.39 is 0 Å². The summed E-state index contributed by atoms with van der Waals surface area (Å²) in [6.07, 6.45) is 6.67. The Morgan fingerprint density at radius 1 is 1.00 bits per heavy atom. The van der Waals surface area contributed by atoms with Crippen LogP contribution < -0.4 is 20.5 Å². The number of amides is 3. The molecule has 1 aromatic heterocycles. The van der Waals surface area contributed by atoms with E-state index in [1.165, 1.54) is 5.01 Å². The van der Waals surface area contributed by atoms with Crippen LogP contribution in [0.15, 0.2) is 85.1 Å². The van der Waals surface area contributed by atoms with Crippen LogP contribution in [0, 0.1) is 11.8 Å². The van der Waals surface area contributed by atoms with Crippen molar-refractivity contribution in [2.24, 2.45) is 11.8 Å². The molecule has 1 saturated heterocycles. The Bertz CT molecular complexity index is 1290. The molecule has 2 N–H and O–H groups in total. The maximum Gasteiger partial charge on any atom is 0.255 e. The van der Waals surface area contributed by atoms with E-state index in [2.05, 4.69) is 15.7 Å². The number of aromatic nitrogens is 1. The van der Waals surface area contributed by atoms with Crippen molar-refractivity contribution in [1.29, 1.82) is 0 Å². The molecular weight excluding hydrogens is 444 g/mol. The van der Waals surface area contributed by atoms with Gasteiger partial charge in [-0.25, -0.2) is 5.01 Å². The van der Waals surface area contributed by atoms with Gasteiger partial charge in [0, 0.05) is 23.5 Å². The molecular formula is C27H24N4O4. The summed E-state index contributed by atoms with van der Waals surface area (Å²) in [6, 6.07) is 19.3. The average Bonchev–Trinajstić information content (AvgIpc) is 2.90. The summed E-state index contributed by atoms with van der Waals surface area (Å²) in [5.41, 5.74) is 4.86. The van der Waals surface area contributed by atoms with E-state index in [0.717, 1.165) is 5.69 Å². The fourth-order valence-corrected chi connectivity index (χ4v) is 4.28. The number of rotatable bonds is 6. The molecule has 35 heavy (non-hydrogen) atoms. The third-order valence-corrected chi connectivity index (χ3v) is 6.10. The number of anilines is 2. The molecule has 1 aliphatic heterocycles. The molecule has 1 aliphatic carbocycles. The molecule has 0 radical (unpaired) electrons. The van der Waals surface area contributed by atoms with Gasteiger partial charge in [0.2, 0.25) is 11.8 Å². The number of hydrogen-bond acceptors (Lipinski definition) is 5. The van der Waals surface area contributed by atoms with E-state index in [4.69, 9.17) is 4.74 Å². The fourth-order valence-electron chi connectivity index (χ4n) is 4.28. The van der Waals surface area contributed by atoms with Crippen LogP contribution in [0.5, 0.6) is 5.75 Å². The van der Waals surface area contributed by atoms with E-state index in [0.29, 0.717) is 42.1 Å². The Kier molecular flexibility index (Phi) is 6.26. The van der Waals surface area contributed by atoms with Crippen LogP contribution in [-0.4, -0.2) is 22.7 Å². The first kappa shape index (κ1) is 22.3. The third-order valence-electron chi connectivity index (χ3n) is 6.10. The van der Waals surface area contributed by atoms with Crippen molar-refractivity contribution < 1.29 is 19.1 Å². The van der Waals surface area contributed by atoms with Crippen LogP contribution in [0.1, 0.15) is 28.9 Å². The second kappa shape index (κ2) is 9.80. The van der Waals surface area contributed by atoms with Gasteiger partial charge in [-0.3, -0.25) is 24.8 Å². The Morgan fingerprint density at radius 3 is 2.66 bits per heavy atom. The van der Waals surface area contributed by atoms with E-state index >= 15 is 0 Å². The average molecular weight is 469 g/mol. The lowest BCUT2D eigenvalue weighted by molar-refractivity contribution is -0.139. The normalized spacial score (nSPS) is 19.0. The van der Waals surface area contributed by atoms with Crippen molar-refractivity contribution >= 4 is 29.1 Å². The van der Waals surface area contributed by atoms with Crippen LogP contribution in [0.3, 0.4) is 0 Å². The maximum absolute atomic E-state index is 13.0. The van der Waals surface area contributed by atoms with Crippen LogP contribution >= 0.6 is 0 Å². The smallest absolute Gasteiger partial charge is 0.255 e. The Labute approximate surface area is 202 Å². The van der Waals surface area contributed by atoms with Gasteiger partial charge in [0.1, 0.15) is 12.4 Å². The predicted octanol–water partition coefficient (Wildman–Crippen LogP) is 3.87. The summed E-state index contributed by atoms with van der Waals surface area (Å²) in [5, 5.41) is 4.11. The fraction of sp³-hybridized carbons (Fsp3) is 0.185. The highest BCUT2D eigenvalue weighted by atomic mass is 16.5. The highest BCUT2D eigenvalue weighted by Crippen LogP contribution is 2.32. The minimum Gasteiger partial charge on any atom is -0.487 e. The maximum atomic E-state index is 13.0. The molecule has 3 aromatic rings. The van der Waals surface area contributed by atoms with Crippen LogP contribution in [0.4, 0.5) is 11.4 Å². The summed E-state index contributed by atoms with van der Waals surface area (Å²) < 4.78 is 5.78. The predicted molar refractivity (Wildman–Crippen MR) is 130 cm³/mol. The minimum absolute atomic E-state index is 0.172. The first-order valence-electron chi connectivity index (χ1n) is 11.4. The number of carbonyl (C=O) groups is 3. The lowest BCUT2D eigenvalue weighted by Gasteiger charge is -2.38. The number of carbonyl (C=O) groups excluding carboxylic acids is 3. The van der Waals surface area contributed by atoms with E-state index in [1.807, 2.05) is 30.4 Å². The number of nitrogens with zero attached hydrogens (tertiary/aromatic N) is 2. The molecule has 2 unspecified atom stereocenters. The number of fused-ring (bicyclic) bond motifs is 1. The molecule has 3 amide bonds. The second-order valence-corrected chi connectivity index (χ2v) is 8.45. The molecule has 8 heteroatoms. The zero-order chi connectivity index (χ0) is 24.2. The van der Waals surface area contributed by atoms with Gasteiger partial charge >= 0.3 is 0 Å². The summed E-state index contributed by atoms with van der Waals surface area (Å²) >= 11 is 0. The number of benzene rings is 2. The monoisotopic (exact) mass is 468 g/mol. The van der Waals surface area contributed by atoms with Gasteiger partial charge in [0.05, 0.1) is 23.2 Å². The highest BCUT2D eigenvalue weighted by Gasteiger charge is 2.42. The number of pyridine rings is 1. The van der Waals surface area contributed by atoms with Crippen LogP contribution in [0.2, 0.25) is 0 Å². The first-order valence-corrected chi connectivity index (χ1v) is 11.4. The molecule has 2 aliphatic rings. The zero-order valence-corrected chi connectivity index (χ0v) is 18.9. The van der Waals surface area contributed by atoms with Crippen molar-refractivity contribution in [3.05, 3.63) is 96.3 Å². The minimum atomic E-state index is -0.389. The number of hydrogen-bond donors (Lipinski definition) is 2. The standard InChI is InChI=1S/C27H24N4O4/c32-25(29-19-9-6-11-22(16-19)35-17-20-8-3-4-14-28-20)18-7-5-10-21(15-18)31-27(34)24-13-2-1-12-23(24)26(33)30-31/h1-11,14-16,23-24H,12-13,17H2,(H,29,32)(H,30,33). The number of ether oxygens (including phenoxy) is 1. The number of nitrogens with one attached hydrogen (secondary N) is 2. The molecule has 8 nitrogen and oxygen atoms in total.